The predicted molar refractivity (Wildman–Crippen MR) is 47.7 cm³/mol. The fourth-order valence-corrected chi connectivity index (χ4v) is 1.10. The topological polar surface area (TPSA) is 23.8 Å². The summed E-state index contributed by atoms with van der Waals surface area (Å²) in [6.45, 7) is 1.88. The standard InChI is InChI=1S/C9H11ClN/c1-7(11)6-8-2-4-9(10)5-3-8/h2-5,7,11H,6H2,1H3. The van der Waals surface area contributed by atoms with Gasteiger partial charge in [0.15, 0.2) is 0 Å². The van der Waals surface area contributed by atoms with E-state index in [1.165, 1.54) is 5.56 Å². The number of nitrogens with one attached hydrogen (secondary N) is 1. The lowest BCUT2D eigenvalue weighted by Gasteiger charge is -2.02. The van der Waals surface area contributed by atoms with Crippen molar-refractivity contribution in [1.82, 2.24) is 5.73 Å². The Labute approximate surface area is 72.2 Å². The van der Waals surface area contributed by atoms with Gasteiger partial charge in [0, 0.05) is 11.1 Å². The molecule has 1 nitrogen and oxygen atoms in total. The van der Waals surface area contributed by atoms with E-state index in [9.17, 15) is 0 Å². The van der Waals surface area contributed by atoms with Crippen LogP contribution in [-0.2, 0) is 6.42 Å². The summed E-state index contributed by atoms with van der Waals surface area (Å²) in [5.41, 5.74) is 8.51. The lowest BCUT2D eigenvalue weighted by Crippen LogP contribution is -2.06. The first-order valence-corrected chi connectivity index (χ1v) is 4.02. The van der Waals surface area contributed by atoms with Crippen LogP contribution < -0.4 is 5.73 Å². The third-order valence-corrected chi connectivity index (χ3v) is 1.71. The van der Waals surface area contributed by atoms with E-state index in [-0.39, 0.29) is 6.04 Å². The Bertz CT molecular complexity index is 216. The van der Waals surface area contributed by atoms with Crippen LogP contribution in [0.25, 0.3) is 0 Å². The molecule has 1 rings (SSSR count). The van der Waals surface area contributed by atoms with E-state index in [4.69, 9.17) is 17.3 Å². The first kappa shape index (κ1) is 8.57. The van der Waals surface area contributed by atoms with Crippen molar-refractivity contribution >= 4 is 11.6 Å². The number of hydrogen-bond acceptors (Lipinski definition) is 0. The molecule has 59 valence electrons. The largest absolute Gasteiger partial charge is 0.254 e. The first-order valence-electron chi connectivity index (χ1n) is 3.64. The van der Waals surface area contributed by atoms with Gasteiger partial charge < -0.3 is 0 Å². The van der Waals surface area contributed by atoms with Crippen molar-refractivity contribution in [3.05, 3.63) is 34.9 Å². The first-order chi connectivity index (χ1) is 5.18. The van der Waals surface area contributed by atoms with E-state index in [0.29, 0.717) is 0 Å². The summed E-state index contributed by atoms with van der Waals surface area (Å²) in [6.07, 6.45) is 0.803. The minimum Gasteiger partial charge on any atom is -0.254 e. The molecule has 0 saturated heterocycles. The van der Waals surface area contributed by atoms with E-state index in [1.54, 1.807) is 0 Å². The maximum absolute atomic E-state index is 7.34. The van der Waals surface area contributed by atoms with E-state index in [2.05, 4.69) is 0 Å². The van der Waals surface area contributed by atoms with Gasteiger partial charge in [-0.15, -0.1) is 0 Å². The third-order valence-electron chi connectivity index (χ3n) is 1.46. The van der Waals surface area contributed by atoms with Crippen molar-refractivity contribution in [2.75, 3.05) is 0 Å². The van der Waals surface area contributed by atoms with Crippen molar-refractivity contribution in [2.24, 2.45) is 0 Å². The summed E-state index contributed by atoms with van der Waals surface area (Å²) < 4.78 is 0. The van der Waals surface area contributed by atoms with E-state index < -0.39 is 0 Å². The van der Waals surface area contributed by atoms with E-state index in [0.717, 1.165) is 11.4 Å². The SMILES string of the molecule is CC([NH])Cc1ccc(Cl)cc1. The minimum atomic E-state index is -0.0313. The summed E-state index contributed by atoms with van der Waals surface area (Å²) in [4.78, 5) is 0. The van der Waals surface area contributed by atoms with Crippen LogP contribution in [0.4, 0.5) is 0 Å². The highest BCUT2D eigenvalue weighted by Gasteiger charge is 1.96. The normalized spacial score (nSPS) is 13.0. The highest BCUT2D eigenvalue weighted by Crippen LogP contribution is 2.10. The van der Waals surface area contributed by atoms with Gasteiger partial charge in [-0.05, 0) is 31.0 Å². The van der Waals surface area contributed by atoms with Crippen molar-refractivity contribution < 1.29 is 0 Å². The number of rotatable bonds is 2. The van der Waals surface area contributed by atoms with Crippen molar-refractivity contribution in [3.8, 4) is 0 Å². The summed E-state index contributed by atoms with van der Waals surface area (Å²) in [6, 6.07) is 7.62. The summed E-state index contributed by atoms with van der Waals surface area (Å²) in [7, 11) is 0. The van der Waals surface area contributed by atoms with E-state index >= 15 is 0 Å². The number of benzene rings is 1. The monoisotopic (exact) mass is 168 g/mol. The molecule has 1 unspecified atom stereocenters. The molecule has 0 amide bonds. The molecular formula is C9H11ClN. The second kappa shape index (κ2) is 3.74. The molecule has 11 heavy (non-hydrogen) atoms. The van der Waals surface area contributed by atoms with Gasteiger partial charge in [-0.25, -0.2) is 0 Å². The molecule has 0 saturated carbocycles. The van der Waals surface area contributed by atoms with Crippen LogP contribution in [0.1, 0.15) is 12.5 Å². The van der Waals surface area contributed by atoms with Gasteiger partial charge in [-0.3, -0.25) is 5.73 Å². The summed E-state index contributed by atoms with van der Waals surface area (Å²) in [5.74, 6) is 0. The molecular weight excluding hydrogens is 158 g/mol. The molecule has 1 aromatic rings. The second-order valence-corrected chi connectivity index (χ2v) is 3.17. The molecule has 0 heterocycles. The van der Waals surface area contributed by atoms with Gasteiger partial charge in [-0.1, -0.05) is 23.7 Å². The molecule has 0 aromatic heterocycles. The maximum atomic E-state index is 7.34. The molecule has 1 N–H and O–H groups in total. The molecule has 0 aliphatic rings. The van der Waals surface area contributed by atoms with Crippen LogP contribution in [0.5, 0.6) is 0 Å². The van der Waals surface area contributed by atoms with Crippen LogP contribution in [0.2, 0.25) is 5.02 Å². The van der Waals surface area contributed by atoms with Crippen LogP contribution in [0, 0.1) is 0 Å². The molecule has 0 fully saturated rings. The Hall–Kier alpha value is -0.530. The molecule has 0 spiro atoms. The zero-order valence-corrected chi connectivity index (χ0v) is 7.23. The van der Waals surface area contributed by atoms with Gasteiger partial charge in [0.2, 0.25) is 0 Å². The number of halogens is 1. The van der Waals surface area contributed by atoms with Crippen molar-refractivity contribution in [3.63, 3.8) is 0 Å². The van der Waals surface area contributed by atoms with Gasteiger partial charge in [0.1, 0.15) is 0 Å². The Kier molecular flexibility index (Phi) is 2.92. The van der Waals surface area contributed by atoms with Crippen molar-refractivity contribution in [1.29, 1.82) is 0 Å². The van der Waals surface area contributed by atoms with E-state index in [1.807, 2.05) is 31.2 Å². The Morgan fingerprint density at radius 1 is 1.36 bits per heavy atom. The molecule has 1 atom stereocenters. The van der Waals surface area contributed by atoms with Crippen LogP contribution in [0.15, 0.2) is 24.3 Å². The fraction of sp³-hybridized carbons (Fsp3) is 0.333. The lowest BCUT2D eigenvalue weighted by molar-refractivity contribution is 0.715. The van der Waals surface area contributed by atoms with Crippen LogP contribution in [-0.4, -0.2) is 6.04 Å². The smallest absolute Gasteiger partial charge is 0.0406 e. The zero-order chi connectivity index (χ0) is 8.27. The summed E-state index contributed by atoms with van der Waals surface area (Å²) in [5, 5.41) is 0.756. The van der Waals surface area contributed by atoms with Gasteiger partial charge in [0.05, 0.1) is 0 Å². The lowest BCUT2D eigenvalue weighted by atomic mass is 10.1. The summed E-state index contributed by atoms with van der Waals surface area (Å²) >= 11 is 5.70. The molecule has 0 aliphatic heterocycles. The highest BCUT2D eigenvalue weighted by atomic mass is 35.5. The van der Waals surface area contributed by atoms with Gasteiger partial charge in [0.25, 0.3) is 0 Å². The second-order valence-electron chi connectivity index (χ2n) is 2.73. The Balaban J connectivity index is 2.66. The van der Waals surface area contributed by atoms with Crippen LogP contribution >= 0.6 is 11.6 Å². The quantitative estimate of drug-likeness (QED) is 0.648. The molecule has 1 radical (unpaired) electrons. The molecule has 2 heteroatoms. The predicted octanol–water partition coefficient (Wildman–Crippen LogP) is 2.55. The minimum absolute atomic E-state index is 0.0313. The molecule has 0 bridgehead atoms. The maximum Gasteiger partial charge on any atom is 0.0406 e. The average Bonchev–Trinajstić information content (AvgIpc) is 1.93. The fourth-order valence-electron chi connectivity index (χ4n) is 0.974. The van der Waals surface area contributed by atoms with Crippen molar-refractivity contribution in [2.45, 2.75) is 19.4 Å². The Morgan fingerprint density at radius 2 is 1.91 bits per heavy atom. The van der Waals surface area contributed by atoms with Gasteiger partial charge >= 0.3 is 0 Å². The van der Waals surface area contributed by atoms with Crippen LogP contribution in [0.3, 0.4) is 0 Å². The highest BCUT2D eigenvalue weighted by molar-refractivity contribution is 6.30. The molecule has 0 aliphatic carbocycles. The Morgan fingerprint density at radius 3 is 2.36 bits per heavy atom. The number of hydrogen-bond donors (Lipinski definition) is 0. The average molecular weight is 169 g/mol. The third kappa shape index (κ3) is 2.91. The van der Waals surface area contributed by atoms with Gasteiger partial charge in [-0.2, -0.15) is 0 Å². The zero-order valence-electron chi connectivity index (χ0n) is 6.47. The molecule has 1 aromatic carbocycles.